The summed E-state index contributed by atoms with van der Waals surface area (Å²) >= 11 is 0. The molecule has 0 heterocycles. The van der Waals surface area contributed by atoms with Crippen molar-refractivity contribution in [2.24, 2.45) is 45.0 Å². The molecule has 6 N–H and O–H groups in total. The number of nitrogens with two attached hydrogens (primary N) is 2. The van der Waals surface area contributed by atoms with Crippen molar-refractivity contribution in [3.05, 3.63) is 11.1 Å². The molecule has 156 valence electrons. The van der Waals surface area contributed by atoms with E-state index in [0.29, 0.717) is 24.8 Å². The third-order valence-electron chi connectivity index (χ3n) is 7.91. The van der Waals surface area contributed by atoms with E-state index < -0.39 is 0 Å². The summed E-state index contributed by atoms with van der Waals surface area (Å²) in [6.45, 7) is 7.86. The monoisotopic (exact) mass is 399 g/mol. The largest absolute Gasteiger partial charge is 0.396 e. The van der Waals surface area contributed by atoms with E-state index in [1.165, 1.54) is 6.42 Å². The van der Waals surface area contributed by atoms with Gasteiger partial charge in [-0.05, 0) is 67.6 Å². The molecule has 0 radical (unpaired) electrons. The molecule has 0 aliphatic heterocycles. The summed E-state index contributed by atoms with van der Waals surface area (Å²) < 4.78 is 0. The van der Waals surface area contributed by atoms with E-state index in [9.17, 15) is 10.2 Å². The molecule has 0 aromatic carbocycles. The van der Waals surface area contributed by atoms with Crippen molar-refractivity contribution in [3.63, 3.8) is 0 Å². The van der Waals surface area contributed by atoms with Crippen LogP contribution < -0.4 is 11.5 Å². The van der Waals surface area contributed by atoms with Crippen LogP contribution in [-0.2, 0) is 0 Å². The number of rotatable bonds is 4. The molecule has 3 rings (SSSR count). The second-order valence-corrected chi connectivity index (χ2v) is 9.72. The Kier molecular flexibility index (Phi) is 6.92. The molecule has 5 atom stereocenters. The third-order valence-corrected chi connectivity index (χ3v) is 7.91. The van der Waals surface area contributed by atoms with Crippen molar-refractivity contribution >= 4 is 18.4 Å². The molecule has 0 bridgehead atoms. The van der Waals surface area contributed by atoms with Crippen LogP contribution in [0.15, 0.2) is 16.1 Å². The molecule has 27 heavy (non-hydrogen) atoms. The molecule has 1 saturated carbocycles. The van der Waals surface area contributed by atoms with E-state index in [2.05, 4.69) is 25.8 Å². The fraction of sp³-hybridized carbons (Fsp3) is 0.857. The van der Waals surface area contributed by atoms with Gasteiger partial charge in [-0.15, -0.1) is 12.4 Å². The molecule has 3 aliphatic rings. The number of hydrogen-bond donors (Lipinski definition) is 4. The maximum atomic E-state index is 10.1. The highest BCUT2D eigenvalue weighted by molar-refractivity contribution is 5.85. The first-order valence-electron chi connectivity index (χ1n) is 10.3. The van der Waals surface area contributed by atoms with E-state index >= 15 is 0 Å². The van der Waals surface area contributed by atoms with Crippen molar-refractivity contribution in [3.8, 4) is 0 Å². The van der Waals surface area contributed by atoms with Crippen molar-refractivity contribution < 1.29 is 10.2 Å². The van der Waals surface area contributed by atoms with Crippen molar-refractivity contribution in [1.82, 2.24) is 0 Å². The first kappa shape index (κ1) is 22.5. The van der Waals surface area contributed by atoms with Crippen LogP contribution in [0.5, 0.6) is 0 Å². The second-order valence-electron chi connectivity index (χ2n) is 9.72. The predicted molar refractivity (Wildman–Crippen MR) is 113 cm³/mol. The van der Waals surface area contributed by atoms with Crippen LogP contribution in [0, 0.1) is 28.6 Å². The second kappa shape index (κ2) is 8.30. The Morgan fingerprint density at radius 2 is 1.85 bits per heavy atom. The summed E-state index contributed by atoms with van der Waals surface area (Å²) in [5.74, 6) is 1.13. The molecule has 0 aromatic heterocycles. The van der Waals surface area contributed by atoms with Crippen LogP contribution in [0.4, 0.5) is 0 Å². The van der Waals surface area contributed by atoms with Crippen LogP contribution >= 0.6 is 12.4 Å². The zero-order chi connectivity index (χ0) is 19.1. The number of hydrogen-bond acceptors (Lipinski definition) is 3. The van der Waals surface area contributed by atoms with Crippen molar-refractivity contribution in [2.75, 3.05) is 13.2 Å². The standard InChI is InChI=1S/C21H37N3O2.ClH/c1-20(2)8-7-15-16(11-24-19(22)23)18(5-4-17(15)20)21(3)9-6-14(26)10-13(21)12-25;/h13-14,16,18,25-26H,4-12H2,1-3H3,(H4,22,23,24);1H/t13-,14+,16+,18+,21+;/m1./s1. The molecular formula is C21H38ClN3O2. The van der Waals surface area contributed by atoms with Crippen LogP contribution in [-0.4, -0.2) is 35.4 Å². The van der Waals surface area contributed by atoms with Crippen LogP contribution in [0.25, 0.3) is 0 Å². The Labute approximate surface area is 170 Å². The van der Waals surface area contributed by atoms with Gasteiger partial charge in [0.25, 0.3) is 0 Å². The van der Waals surface area contributed by atoms with Crippen LogP contribution in [0.3, 0.4) is 0 Å². The van der Waals surface area contributed by atoms with Gasteiger partial charge in [0.2, 0.25) is 0 Å². The van der Waals surface area contributed by atoms with Crippen molar-refractivity contribution in [2.45, 2.75) is 71.8 Å². The number of nitrogens with zero attached hydrogens (tertiary/aromatic N) is 1. The zero-order valence-corrected chi connectivity index (χ0v) is 17.9. The smallest absolute Gasteiger partial charge is 0.185 e. The summed E-state index contributed by atoms with van der Waals surface area (Å²) in [6, 6.07) is 0. The molecule has 0 saturated heterocycles. The molecule has 1 fully saturated rings. The number of guanidine groups is 1. The minimum Gasteiger partial charge on any atom is -0.396 e. The lowest BCUT2D eigenvalue weighted by Gasteiger charge is -2.52. The first-order chi connectivity index (χ1) is 12.2. The minimum atomic E-state index is -0.278. The van der Waals surface area contributed by atoms with Crippen molar-refractivity contribution in [1.29, 1.82) is 0 Å². The summed E-state index contributed by atoms with van der Waals surface area (Å²) in [6.07, 6.45) is 6.87. The Bertz CT molecular complexity index is 600. The number of allylic oxidation sites excluding steroid dienone is 1. The van der Waals surface area contributed by atoms with Gasteiger partial charge in [0.15, 0.2) is 5.96 Å². The quantitative estimate of drug-likeness (QED) is 0.331. The Balaban J connectivity index is 0.00000261. The molecule has 3 aliphatic carbocycles. The maximum absolute atomic E-state index is 10.1. The predicted octanol–water partition coefficient (Wildman–Crippen LogP) is 2.98. The van der Waals surface area contributed by atoms with Gasteiger partial charge in [-0.3, -0.25) is 4.99 Å². The molecule has 0 aromatic rings. The average molecular weight is 400 g/mol. The summed E-state index contributed by atoms with van der Waals surface area (Å²) in [5.41, 5.74) is 14.9. The topological polar surface area (TPSA) is 105 Å². The van der Waals surface area contributed by atoms with Crippen LogP contribution in [0.2, 0.25) is 0 Å². The molecule has 0 unspecified atom stereocenters. The van der Waals surface area contributed by atoms with Gasteiger partial charge < -0.3 is 21.7 Å². The van der Waals surface area contributed by atoms with Gasteiger partial charge in [0, 0.05) is 19.1 Å². The van der Waals surface area contributed by atoms with Gasteiger partial charge in [-0.1, -0.05) is 31.9 Å². The summed E-state index contributed by atoms with van der Waals surface area (Å²) in [5, 5.41) is 20.2. The van der Waals surface area contributed by atoms with E-state index in [4.69, 9.17) is 11.5 Å². The van der Waals surface area contributed by atoms with E-state index in [-0.39, 0.29) is 47.8 Å². The number of aliphatic hydroxyl groups is 2. The highest BCUT2D eigenvalue weighted by Crippen LogP contribution is 2.59. The molecule has 6 heteroatoms. The van der Waals surface area contributed by atoms with Gasteiger partial charge in [0.1, 0.15) is 0 Å². The number of halogens is 1. The lowest BCUT2D eigenvalue weighted by atomic mass is 9.53. The molecule has 5 nitrogen and oxygen atoms in total. The Morgan fingerprint density at radius 1 is 1.15 bits per heavy atom. The minimum absolute atomic E-state index is 0. The normalized spacial score (nSPS) is 38.1. The fourth-order valence-corrected chi connectivity index (χ4v) is 6.23. The van der Waals surface area contributed by atoms with E-state index in [0.717, 1.165) is 32.1 Å². The molecule has 0 spiro atoms. The van der Waals surface area contributed by atoms with Crippen LogP contribution in [0.1, 0.15) is 65.7 Å². The first-order valence-corrected chi connectivity index (χ1v) is 10.3. The van der Waals surface area contributed by atoms with Gasteiger partial charge in [-0.2, -0.15) is 0 Å². The highest BCUT2D eigenvalue weighted by atomic mass is 35.5. The number of aliphatic hydroxyl groups excluding tert-OH is 2. The summed E-state index contributed by atoms with van der Waals surface area (Å²) in [7, 11) is 0. The number of aliphatic imine (C=N–C) groups is 1. The maximum Gasteiger partial charge on any atom is 0.185 e. The SMILES string of the molecule is CC1(C)CCC2=C1CC[C@H]([C@@]1(C)CC[C@H](O)C[C@@H]1CO)[C@H]2CN=C(N)N.Cl. The van der Waals surface area contributed by atoms with Gasteiger partial charge in [-0.25, -0.2) is 0 Å². The fourth-order valence-electron chi connectivity index (χ4n) is 6.23. The molecular weight excluding hydrogens is 362 g/mol. The van der Waals surface area contributed by atoms with E-state index in [1.54, 1.807) is 11.1 Å². The zero-order valence-electron chi connectivity index (χ0n) is 17.1. The lowest BCUT2D eigenvalue weighted by molar-refractivity contribution is -0.0574. The van der Waals surface area contributed by atoms with E-state index in [1.807, 2.05) is 0 Å². The Hall–Kier alpha value is -0.780. The highest BCUT2D eigenvalue weighted by Gasteiger charge is 2.51. The average Bonchev–Trinajstić information content (AvgIpc) is 2.90. The molecule has 0 amide bonds. The summed E-state index contributed by atoms with van der Waals surface area (Å²) in [4.78, 5) is 4.42. The van der Waals surface area contributed by atoms with Gasteiger partial charge in [0.05, 0.1) is 6.10 Å². The van der Waals surface area contributed by atoms with Gasteiger partial charge >= 0.3 is 0 Å². The Morgan fingerprint density at radius 3 is 2.48 bits per heavy atom. The lowest BCUT2D eigenvalue weighted by Crippen LogP contribution is -2.48. The third kappa shape index (κ3) is 4.15.